The molecule has 0 radical (unpaired) electrons. The Morgan fingerprint density at radius 2 is 2.20 bits per heavy atom. The Kier molecular flexibility index (Phi) is 3.90. The Morgan fingerprint density at radius 1 is 1.60 bits per heavy atom. The van der Waals surface area contributed by atoms with Crippen LogP contribution in [-0.2, 0) is 11.2 Å². The maximum atomic E-state index is 10.8. The molecule has 5 heteroatoms. The molecule has 84 valence electrons. The number of halogens is 1. The molecule has 0 aliphatic carbocycles. The van der Waals surface area contributed by atoms with Crippen LogP contribution in [0.4, 0.5) is 0 Å². The highest BCUT2D eigenvalue weighted by Gasteiger charge is 2.18. The van der Waals surface area contributed by atoms with Gasteiger partial charge in [0, 0.05) is 12.5 Å². The number of aromatic nitrogens is 2. The van der Waals surface area contributed by atoms with Crippen LogP contribution in [0.5, 0.6) is 0 Å². The van der Waals surface area contributed by atoms with Crippen molar-refractivity contribution in [2.45, 2.75) is 33.2 Å². The Morgan fingerprint density at radius 3 is 2.67 bits per heavy atom. The molecule has 1 aromatic heterocycles. The van der Waals surface area contributed by atoms with Gasteiger partial charge in [0.15, 0.2) is 0 Å². The van der Waals surface area contributed by atoms with Crippen LogP contribution >= 0.6 is 15.9 Å². The quantitative estimate of drug-likeness (QED) is 0.918. The first kappa shape index (κ1) is 12.2. The predicted molar refractivity (Wildman–Crippen MR) is 60.8 cm³/mol. The van der Waals surface area contributed by atoms with Gasteiger partial charge in [-0.05, 0) is 29.8 Å². The minimum Gasteiger partial charge on any atom is -0.481 e. The number of nitrogens with zero attached hydrogens (tertiary/aromatic N) is 2. The molecule has 1 heterocycles. The number of carbonyl (C=O) groups is 1. The van der Waals surface area contributed by atoms with E-state index in [1.807, 2.05) is 18.5 Å². The van der Waals surface area contributed by atoms with Crippen molar-refractivity contribution >= 4 is 21.9 Å². The van der Waals surface area contributed by atoms with Gasteiger partial charge in [-0.2, -0.15) is 5.10 Å². The van der Waals surface area contributed by atoms with Crippen molar-refractivity contribution in [3.8, 4) is 0 Å². The summed E-state index contributed by atoms with van der Waals surface area (Å²) in [6.45, 7) is 5.75. The molecule has 0 aromatic carbocycles. The average molecular weight is 275 g/mol. The normalized spacial score (nSPS) is 13.1. The largest absolute Gasteiger partial charge is 0.481 e. The van der Waals surface area contributed by atoms with E-state index in [9.17, 15) is 4.79 Å². The van der Waals surface area contributed by atoms with E-state index in [0.717, 1.165) is 10.2 Å². The van der Waals surface area contributed by atoms with Crippen molar-refractivity contribution in [1.29, 1.82) is 0 Å². The smallest absolute Gasteiger partial charge is 0.306 e. The Bertz CT molecular complexity index is 360. The molecular formula is C10H15BrN2O2. The second-order valence-corrected chi connectivity index (χ2v) is 4.78. The maximum absolute atomic E-state index is 10.8. The van der Waals surface area contributed by atoms with Gasteiger partial charge in [-0.25, -0.2) is 0 Å². The molecule has 0 aliphatic rings. The van der Waals surface area contributed by atoms with Crippen molar-refractivity contribution in [3.63, 3.8) is 0 Å². The summed E-state index contributed by atoms with van der Waals surface area (Å²) in [5.41, 5.74) is 0.944. The minimum atomic E-state index is -0.779. The second-order valence-electron chi connectivity index (χ2n) is 3.92. The zero-order valence-corrected chi connectivity index (χ0v) is 10.7. The molecule has 0 amide bonds. The first-order chi connectivity index (χ1) is 6.93. The van der Waals surface area contributed by atoms with Gasteiger partial charge in [0.1, 0.15) is 0 Å². The predicted octanol–water partition coefficient (Wildman–Crippen LogP) is 2.49. The molecule has 0 saturated carbocycles. The number of hydrogen-bond acceptors (Lipinski definition) is 2. The van der Waals surface area contributed by atoms with E-state index >= 15 is 0 Å². The SMILES string of the molecule is CC(Cc1c(Br)cnn1C(C)C)C(=O)O. The lowest BCUT2D eigenvalue weighted by atomic mass is 10.1. The van der Waals surface area contributed by atoms with E-state index in [4.69, 9.17) is 5.11 Å². The Labute approximate surface area is 97.4 Å². The van der Waals surface area contributed by atoms with Crippen LogP contribution < -0.4 is 0 Å². The fraction of sp³-hybridized carbons (Fsp3) is 0.600. The van der Waals surface area contributed by atoms with Crippen LogP contribution in [0.2, 0.25) is 0 Å². The zero-order chi connectivity index (χ0) is 11.6. The molecular weight excluding hydrogens is 260 g/mol. The molecule has 0 saturated heterocycles. The highest BCUT2D eigenvalue weighted by Crippen LogP contribution is 2.22. The first-order valence-corrected chi connectivity index (χ1v) is 5.67. The second kappa shape index (κ2) is 4.79. The average Bonchev–Trinajstić information content (AvgIpc) is 2.48. The van der Waals surface area contributed by atoms with Crippen molar-refractivity contribution in [2.24, 2.45) is 5.92 Å². The van der Waals surface area contributed by atoms with Crippen LogP contribution in [0.1, 0.15) is 32.5 Å². The lowest BCUT2D eigenvalue weighted by molar-refractivity contribution is -0.141. The van der Waals surface area contributed by atoms with E-state index in [0.29, 0.717) is 6.42 Å². The fourth-order valence-electron chi connectivity index (χ4n) is 1.38. The lowest BCUT2D eigenvalue weighted by Crippen LogP contribution is -2.16. The molecule has 4 nitrogen and oxygen atoms in total. The molecule has 0 spiro atoms. The number of hydrogen-bond donors (Lipinski definition) is 1. The molecule has 1 aromatic rings. The van der Waals surface area contributed by atoms with E-state index in [1.165, 1.54) is 0 Å². The van der Waals surface area contributed by atoms with Crippen molar-refractivity contribution in [3.05, 3.63) is 16.4 Å². The molecule has 0 bridgehead atoms. The summed E-state index contributed by atoms with van der Waals surface area (Å²) in [6, 6.07) is 0.243. The number of carboxylic acids is 1. The monoisotopic (exact) mass is 274 g/mol. The maximum Gasteiger partial charge on any atom is 0.306 e. The van der Waals surface area contributed by atoms with Crippen LogP contribution in [0.25, 0.3) is 0 Å². The molecule has 0 aliphatic heterocycles. The van der Waals surface area contributed by atoms with Crippen molar-refractivity contribution in [2.75, 3.05) is 0 Å². The third-order valence-corrected chi connectivity index (χ3v) is 2.92. The van der Waals surface area contributed by atoms with Crippen molar-refractivity contribution in [1.82, 2.24) is 9.78 Å². The third-order valence-electron chi connectivity index (χ3n) is 2.26. The number of rotatable bonds is 4. The summed E-state index contributed by atoms with van der Waals surface area (Å²) in [7, 11) is 0. The van der Waals surface area contributed by atoms with Gasteiger partial charge >= 0.3 is 5.97 Å². The van der Waals surface area contributed by atoms with E-state index < -0.39 is 11.9 Å². The van der Waals surface area contributed by atoms with Gasteiger partial charge in [-0.1, -0.05) is 6.92 Å². The van der Waals surface area contributed by atoms with Gasteiger partial charge in [0.05, 0.1) is 22.3 Å². The standard InChI is InChI=1S/C10H15BrN2O2/c1-6(2)13-9(8(11)5-12-13)4-7(3)10(14)15/h5-7H,4H2,1-3H3,(H,14,15). The van der Waals surface area contributed by atoms with Gasteiger partial charge in [-0.15, -0.1) is 0 Å². The summed E-state index contributed by atoms with van der Waals surface area (Å²) in [5.74, 6) is -1.17. The summed E-state index contributed by atoms with van der Waals surface area (Å²) >= 11 is 3.39. The molecule has 15 heavy (non-hydrogen) atoms. The Hall–Kier alpha value is -0.840. The topological polar surface area (TPSA) is 55.1 Å². The molecule has 1 rings (SSSR count). The van der Waals surface area contributed by atoms with Crippen molar-refractivity contribution < 1.29 is 9.90 Å². The van der Waals surface area contributed by atoms with Gasteiger partial charge < -0.3 is 5.11 Å². The zero-order valence-electron chi connectivity index (χ0n) is 9.07. The van der Waals surface area contributed by atoms with E-state index in [1.54, 1.807) is 13.1 Å². The van der Waals surface area contributed by atoms with Gasteiger partial charge in [0.25, 0.3) is 0 Å². The van der Waals surface area contributed by atoms with Crippen LogP contribution in [0.3, 0.4) is 0 Å². The Balaban J connectivity index is 2.92. The van der Waals surface area contributed by atoms with Crippen LogP contribution in [-0.4, -0.2) is 20.9 Å². The summed E-state index contributed by atoms with van der Waals surface area (Å²) in [6.07, 6.45) is 2.21. The van der Waals surface area contributed by atoms with Gasteiger partial charge in [0.2, 0.25) is 0 Å². The summed E-state index contributed by atoms with van der Waals surface area (Å²) in [5, 5.41) is 13.1. The number of aliphatic carboxylic acids is 1. The van der Waals surface area contributed by atoms with Crippen LogP contribution in [0.15, 0.2) is 10.7 Å². The third kappa shape index (κ3) is 2.81. The minimum absolute atomic E-state index is 0.243. The first-order valence-electron chi connectivity index (χ1n) is 4.88. The van der Waals surface area contributed by atoms with Gasteiger partial charge in [-0.3, -0.25) is 9.48 Å². The molecule has 1 N–H and O–H groups in total. The number of carboxylic acid groups (broad SMARTS) is 1. The van der Waals surface area contributed by atoms with Crippen LogP contribution in [0, 0.1) is 5.92 Å². The van der Waals surface area contributed by atoms with E-state index in [-0.39, 0.29) is 6.04 Å². The highest BCUT2D eigenvalue weighted by molar-refractivity contribution is 9.10. The molecule has 1 unspecified atom stereocenters. The molecule has 0 fully saturated rings. The summed E-state index contributed by atoms with van der Waals surface area (Å²) < 4.78 is 2.73. The fourth-order valence-corrected chi connectivity index (χ4v) is 1.82. The van der Waals surface area contributed by atoms with E-state index in [2.05, 4.69) is 21.0 Å². The molecule has 1 atom stereocenters. The highest BCUT2D eigenvalue weighted by atomic mass is 79.9. The summed E-state index contributed by atoms with van der Waals surface area (Å²) in [4.78, 5) is 10.8. The lowest BCUT2D eigenvalue weighted by Gasteiger charge is -2.13.